The molecule has 1 aliphatic heterocycles. The maximum atomic E-state index is 12.5. The van der Waals surface area contributed by atoms with E-state index in [1.165, 1.54) is 12.3 Å². The number of para-hydroxylation sites is 1. The Balaban J connectivity index is 1.76. The highest BCUT2D eigenvalue weighted by molar-refractivity contribution is 7.90. The Morgan fingerprint density at radius 1 is 1.32 bits per heavy atom. The first-order valence-electron chi connectivity index (χ1n) is 7.63. The molecular weight excluding hydrogens is 352 g/mol. The minimum Gasteiger partial charge on any atom is -0.434 e. The van der Waals surface area contributed by atoms with Crippen LogP contribution in [-0.4, -0.2) is 42.7 Å². The molecule has 1 aliphatic rings. The first kappa shape index (κ1) is 17.7. The predicted octanol–water partition coefficient (Wildman–Crippen LogP) is 2.04. The molecule has 9 heteroatoms. The van der Waals surface area contributed by atoms with E-state index in [1.807, 2.05) is 0 Å². The fourth-order valence-corrected chi connectivity index (χ4v) is 3.28. The van der Waals surface area contributed by atoms with Gasteiger partial charge in [-0.25, -0.2) is 18.4 Å². The molecule has 0 saturated heterocycles. The van der Waals surface area contributed by atoms with Crippen molar-refractivity contribution < 1.29 is 21.9 Å². The summed E-state index contributed by atoms with van der Waals surface area (Å²) in [6.07, 6.45) is 3.16. The molecular formula is C16H17F2N3O3S. The molecule has 0 unspecified atom stereocenters. The molecule has 0 radical (unpaired) electrons. The highest BCUT2D eigenvalue weighted by Gasteiger charge is 2.22. The molecule has 0 saturated carbocycles. The molecule has 0 amide bonds. The lowest BCUT2D eigenvalue weighted by atomic mass is 10.1. The van der Waals surface area contributed by atoms with E-state index in [2.05, 4.69) is 19.6 Å². The second-order valence-electron chi connectivity index (χ2n) is 5.84. The second-order valence-corrected chi connectivity index (χ2v) is 7.75. The van der Waals surface area contributed by atoms with Crippen molar-refractivity contribution in [2.24, 2.45) is 0 Å². The maximum absolute atomic E-state index is 12.5. The van der Waals surface area contributed by atoms with Crippen molar-refractivity contribution >= 4 is 9.84 Å². The first-order valence-corrected chi connectivity index (χ1v) is 9.52. The number of nitrogens with zero attached hydrogens (tertiary/aromatic N) is 3. The van der Waals surface area contributed by atoms with E-state index in [4.69, 9.17) is 0 Å². The Morgan fingerprint density at radius 2 is 2.08 bits per heavy atom. The summed E-state index contributed by atoms with van der Waals surface area (Å²) in [6.45, 7) is -1.28. The van der Waals surface area contributed by atoms with E-state index in [0.29, 0.717) is 37.3 Å². The van der Waals surface area contributed by atoms with Crippen LogP contribution in [0.4, 0.5) is 8.78 Å². The Hall–Kier alpha value is -2.13. The van der Waals surface area contributed by atoms with E-state index in [-0.39, 0.29) is 10.9 Å². The Labute approximate surface area is 144 Å². The molecule has 0 atom stereocenters. The minimum atomic E-state index is -3.44. The summed E-state index contributed by atoms with van der Waals surface area (Å²) in [6, 6.07) is 6.68. The quantitative estimate of drug-likeness (QED) is 0.751. The number of alkyl halides is 2. The zero-order valence-electron chi connectivity index (χ0n) is 13.5. The van der Waals surface area contributed by atoms with Crippen LogP contribution in [0.25, 0.3) is 0 Å². The van der Waals surface area contributed by atoms with Crippen LogP contribution in [0.3, 0.4) is 0 Å². The standard InChI is InChI=1S/C16H17F2N3O3S/c1-25(22,23)16-19-8-12-10-21(7-6-13(12)20-16)9-11-4-2-3-5-14(11)24-15(17)18/h2-5,8,15H,6-7,9-10H2,1H3. The molecule has 0 fully saturated rings. The third-order valence-electron chi connectivity index (χ3n) is 3.91. The van der Waals surface area contributed by atoms with E-state index >= 15 is 0 Å². The van der Waals surface area contributed by atoms with Gasteiger partial charge in [0.15, 0.2) is 0 Å². The monoisotopic (exact) mass is 369 g/mol. The summed E-state index contributed by atoms with van der Waals surface area (Å²) in [4.78, 5) is 10.1. The van der Waals surface area contributed by atoms with Gasteiger partial charge in [0.25, 0.3) is 0 Å². The van der Waals surface area contributed by atoms with Crippen molar-refractivity contribution in [1.29, 1.82) is 0 Å². The molecule has 0 spiro atoms. The number of benzene rings is 1. The van der Waals surface area contributed by atoms with Crippen LogP contribution in [0.5, 0.6) is 5.75 Å². The van der Waals surface area contributed by atoms with Gasteiger partial charge < -0.3 is 4.74 Å². The molecule has 3 rings (SSSR count). The fraction of sp³-hybridized carbons (Fsp3) is 0.375. The van der Waals surface area contributed by atoms with Gasteiger partial charge in [-0.15, -0.1) is 0 Å². The summed E-state index contributed by atoms with van der Waals surface area (Å²) >= 11 is 0. The van der Waals surface area contributed by atoms with Crippen molar-refractivity contribution in [2.75, 3.05) is 12.8 Å². The molecule has 6 nitrogen and oxygen atoms in total. The Kier molecular flexibility index (Phi) is 4.96. The van der Waals surface area contributed by atoms with Gasteiger partial charge in [0, 0.05) is 49.6 Å². The first-order chi connectivity index (χ1) is 11.8. The Bertz CT molecular complexity index is 875. The molecule has 1 aromatic heterocycles. The van der Waals surface area contributed by atoms with Gasteiger partial charge in [0.2, 0.25) is 15.0 Å². The number of halogens is 2. The molecule has 0 N–H and O–H groups in total. The number of fused-ring (bicyclic) bond motifs is 1. The Morgan fingerprint density at radius 3 is 2.80 bits per heavy atom. The van der Waals surface area contributed by atoms with Crippen LogP contribution in [0.2, 0.25) is 0 Å². The van der Waals surface area contributed by atoms with Gasteiger partial charge >= 0.3 is 6.61 Å². The molecule has 2 heterocycles. The highest BCUT2D eigenvalue weighted by Crippen LogP contribution is 2.25. The van der Waals surface area contributed by atoms with Crippen LogP contribution < -0.4 is 4.74 Å². The maximum Gasteiger partial charge on any atom is 0.387 e. The third kappa shape index (κ3) is 4.29. The topological polar surface area (TPSA) is 72.4 Å². The normalized spacial score (nSPS) is 15.2. The highest BCUT2D eigenvalue weighted by atomic mass is 32.2. The van der Waals surface area contributed by atoms with Crippen LogP contribution in [0, 0.1) is 0 Å². The van der Waals surface area contributed by atoms with E-state index in [0.717, 1.165) is 11.8 Å². The van der Waals surface area contributed by atoms with Gasteiger partial charge in [-0.2, -0.15) is 8.78 Å². The molecule has 1 aromatic carbocycles. The van der Waals surface area contributed by atoms with Crippen LogP contribution in [-0.2, 0) is 29.3 Å². The molecule has 25 heavy (non-hydrogen) atoms. The third-order valence-corrected chi connectivity index (χ3v) is 4.77. The lowest BCUT2D eigenvalue weighted by Gasteiger charge is -2.28. The number of hydrogen-bond donors (Lipinski definition) is 0. The van der Waals surface area contributed by atoms with Crippen LogP contribution in [0.15, 0.2) is 35.6 Å². The molecule has 0 aliphatic carbocycles. The SMILES string of the molecule is CS(=O)(=O)c1ncc2c(n1)CCN(Cc1ccccc1OC(F)F)C2. The number of ether oxygens (including phenoxy) is 1. The average molecular weight is 369 g/mol. The predicted molar refractivity (Wildman–Crippen MR) is 86.0 cm³/mol. The number of sulfone groups is 1. The summed E-state index contributed by atoms with van der Waals surface area (Å²) < 4.78 is 52.7. The summed E-state index contributed by atoms with van der Waals surface area (Å²) in [5.41, 5.74) is 2.22. The molecule has 134 valence electrons. The van der Waals surface area contributed by atoms with Gasteiger partial charge in [-0.1, -0.05) is 18.2 Å². The van der Waals surface area contributed by atoms with Gasteiger partial charge in [-0.3, -0.25) is 4.90 Å². The lowest BCUT2D eigenvalue weighted by molar-refractivity contribution is -0.0508. The van der Waals surface area contributed by atoms with Crippen molar-refractivity contribution in [3.63, 3.8) is 0 Å². The summed E-state index contributed by atoms with van der Waals surface area (Å²) in [5, 5.41) is -0.171. The smallest absolute Gasteiger partial charge is 0.387 e. The second kappa shape index (κ2) is 7.01. The zero-order valence-corrected chi connectivity index (χ0v) is 14.3. The number of aromatic nitrogens is 2. The number of rotatable bonds is 5. The van der Waals surface area contributed by atoms with Crippen molar-refractivity contribution in [3.05, 3.63) is 47.3 Å². The fourth-order valence-electron chi connectivity index (χ4n) is 2.76. The average Bonchev–Trinajstić information content (AvgIpc) is 2.55. The molecule has 0 bridgehead atoms. The van der Waals surface area contributed by atoms with Gasteiger partial charge in [0.1, 0.15) is 5.75 Å². The summed E-state index contributed by atoms with van der Waals surface area (Å²) in [5.74, 6) is 0.159. The van der Waals surface area contributed by atoms with Gasteiger partial charge in [0.05, 0.1) is 5.69 Å². The zero-order chi connectivity index (χ0) is 18.0. The van der Waals surface area contributed by atoms with Crippen molar-refractivity contribution in [1.82, 2.24) is 14.9 Å². The largest absolute Gasteiger partial charge is 0.434 e. The van der Waals surface area contributed by atoms with E-state index in [1.54, 1.807) is 18.2 Å². The number of hydrogen-bond acceptors (Lipinski definition) is 6. The summed E-state index contributed by atoms with van der Waals surface area (Å²) in [7, 11) is -3.44. The van der Waals surface area contributed by atoms with Crippen molar-refractivity contribution in [2.45, 2.75) is 31.3 Å². The van der Waals surface area contributed by atoms with Gasteiger partial charge in [-0.05, 0) is 6.07 Å². The lowest BCUT2D eigenvalue weighted by Crippen LogP contribution is -2.31. The minimum absolute atomic E-state index is 0.159. The molecule has 2 aromatic rings. The van der Waals surface area contributed by atoms with E-state index < -0.39 is 16.4 Å². The van der Waals surface area contributed by atoms with Crippen molar-refractivity contribution in [3.8, 4) is 5.75 Å². The van der Waals surface area contributed by atoms with Crippen LogP contribution >= 0.6 is 0 Å². The van der Waals surface area contributed by atoms with Crippen LogP contribution in [0.1, 0.15) is 16.8 Å². The van der Waals surface area contributed by atoms with E-state index in [9.17, 15) is 17.2 Å².